The van der Waals surface area contributed by atoms with Crippen LogP contribution in [0.4, 0.5) is 13.2 Å². The van der Waals surface area contributed by atoms with Crippen LogP contribution in [0, 0.1) is 0 Å². The minimum atomic E-state index is -4.46. The highest BCUT2D eigenvalue weighted by atomic mass is 35.5. The Morgan fingerprint density at radius 3 is 2.61 bits per heavy atom. The molecular weight excluding hydrogens is 459 g/mol. The van der Waals surface area contributed by atoms with Gasteiger partial charge in [-0.05, 0) is 49.7 Å². The molecule has 1 amide bonds. The Balaban J connectivity index is 1.64. The van der Waals surface area contributed by atoms with Crippen molar-refractivity contribution in [2.75, 3.05) is 13.2 Å². The van der Waals surface area contributed by atoms with Crippen LogP contribution in [0.1, 0.15) is 31.7 Å². The molecule has 1 aromatic heterocycles. The van der Waals surface area contributed by atoms with E-state index in [2.05, 4.69) is 10.1 Å². The number of alkyl halides is 3. The largest absolute Gasteiger partial charge is 0.484 e. The standard InChI is InChI=1S/C23H23ClF3N3O3/c1-3-15(2)30(21(31)14-32-19-9-7-18(24)8-10-19)12-11-20-28-22(29-33-20)16-5-4-6-17(13-16)23(25,26)27/h4-10,13,15H,3,11-12,14H2,1-2H3. The van der Waals surface area contributed by atoms with Gasteiger partial charge in [-0.15, -0.1) is 0 Å². The topological polar surface area (TPSA) is 68.5 Å². The SMILES string of the molecule is CCC(C)N(CCc1nc(-c2cccc(C(F)(F)F)c2)no1)C(=O)COc1ccc(Cl)cc1. The normalized spacial score (nSPS) is 12.4. The third kappa shape index (κ3) is 6.71. The van der Waals surface area contributed by atoms with Gasteiger partial charge < -0.3 is 14.2 Å². The molecule has 10 heteroatoms. The Morgan fingerprint density at radius 1 is 1.21 bits per heavy atom. The molecule has 3 aromatic rings. The van der Waals surface area contributed by atoms with Crippen LogP contribution in [0.3, 0.4) is 0 Å². The average Bonchev–Trinajstić information content (AvgIpc) is 3.27. The maximum absolute atomic E-state index is 13.0. The molecule has 0 aliphatic heterocycles. The minimum absolute atomic E-state index is 0.0582. The van der Waals surface area contributed by atoms with Gasteiger partial charge in [0.15, 0.2) is 6.61 Å². The second-order valence-corrected chi connectivity index (χ2v) is 7.86. The van der Waals surface area contributed by atoms with E-state index in [0.29, 0.717) is 17.3 Å². The van der Waals surface area contributed by atoms with E-state index >= 15 is 0 Å². The molecule has 3 rings (SSSR count). The predicted octanol–water partition coefficient (Wildman–Crippen LogP) is 5.66. The van der Waals surface area contributed by atoms with Crippen LogP contribution in [-0.2, 0) is 17.4 Å². The molecule has 0 bridgehead atoms. The Bertz CT molecular complexity index is 1070. The van der Waals surface area contributed by atoms with Crippen molar-refractivity contribution in [1.82, 2.24) is 15.0 Å². The summed E-state index contributed by atoms with van der Waals surface area (Å²) in [4.78, 5) is 18.6. The smallest absolute Gasteiger partial charge is 0.416 e. The van der Waals surface area contributed by atoms with Crippen molar-refractivity contribution in [1.29, 1.82) is 0 Å². The van der Waals surface area contributed by atoms with Crippen LogP contribution >= 0.6 is 11.6 Å². The first-order valence-electron chi connectivity index (χ1n) is 10.4. The Morgan fingerprint density at radius 2 is 1.94 bits per heavy atom. The summed E-state index contributed by atoms with van der Waals surface area (Å²) >= 11 is 5.85. The van der Waals surface area contributed by atoms with Crippen LogP contribution in [0.25, 0.3) is 11.4 Å². The number of hydrogen-bond acceptors (Lipinski definition) is 5. The lowest BCUT2D eigenvalue weighted by Crippen LogP contribution is -2.42. The van der Waals surface area contributed by atoms with Crippen molar-refractivity contribution in [3.8, 4) is 17.1 Å². The summed E-state index contributed by atoms with van der Waals surface area (Å²) in [6, 6.07) is 11.4. The van der Waals surface area contributed by atoms with Crippen LogP contribution in [-0.4, -0.2) is 40.1 Å². The fraction of sp³-hybridized carbons (Fsp3) is 0.348. The molecule has 33 heavy (non-hydrogen) atoms. The van der Waals surface area contributed by atoms with Gasteiger partial charge in [-0.3, -0.25) is 4.79 Å². The van der Waals surface area contributed by atoms with Gasteiger partial charge in [-0.2, -0.15) is 18.2 Å². The van der Waals surface area contributed by atoms with Crippen molar-refractivity contribution in [2.45, 2.75) is 38.9 Å². The lowest BCUT2D eigenvalue weighted by molar-refractivity contribution is -0.137. The van der Waals surface area contributed by atoms with Gasteiger partial charge in [0.05, 0.1) is 5.56 Å². The summed E-state index contributed by atoms with van der Waals surface area (Å²) < 4.78 is 49.6. The molecule has 0 spiro atoms. The zero-order valence-corrected chi connectivity index (χ0v) is 18.9. The zero-order valence-electron chi connectivity index (χ0n) is 18.1. The van der Waals surface area contributed by atoms with E-state index in [1.54, 1.807) is 29.2 Å². The first-order valence-corrected chi connectivity index (χ1v) is 10.7. The molecule has 2 aromatic carbocycles. The fourth-order valence-electron chi connectivity index (χ4n) is 3.09. The highest BCUT2D eigenvalue weighted by molar-refractivity contribution is 6.30. The number of benzene rings is 2. The minimum Gasteiger partial charge on any atom is -0.484 e. The molecule has 6 nitrogen and oxygen atoms in total. The van der Waals surface area contributed by atoms with Gasteiger partial charge in [0, 0.05) is 29.6 Å². The van der Waals surface area contributed by atoms with Gasteiger partial charge in [0.1, 0.15) is 5.75 Å². The number of halogens is 4. The second kappa shape index (κ2) is 10.7. The second-order valence-electron chi connectivity index (χ2n) is 7.43. The molecule has 0 saturated carbocycles. The van der Waals surface area contributed by atoms with Gasteiger partial charge in [0.2, 0.25) is 11.7 Å². The number of hydrogen-bond donors (Lipinski definition) is 0. The first kappa shape index (κ1) is 24.6. The summed E-state index contributed by atoms with van der Waals surface area (Å²) in [5.74, 6) is 0.599. The molecule has 0 fully saturated rings. The highest BCUT2D eigenvalue weighted by Crippen LogP contribution is 2.31. The molecule has 176 valence electrons. The Kier molecular flexibility index (Phi) is 7.97. The van der Waals surface area contributed by atoms with Crippen LogP contribution in [0.5, 0.6) is 5.75 Å². The van der Waals surface area contributed by atoms with Gasteiger partial charge in [-0.25, -0.2) is 0 Å². The molecule has 0 saturated heterocycles. The summed E-state index contributed by atoms with van der Waals surface area (Å²) in [5, 5.41) is 4.36. The summed E-state index contributed by atoms with van der Waals surface area (Å²) in [5.41, 5.74) is -0.591. The zero-order chi connectivity index (χ0) is 24.0. The van der Waals surface area contributed by atoms with Crippen LogP contribution in [0.2, 0.25) is 5.02 Å². The molecule has 0 aliphatic rings. The monoisotopic (exact) mass is 481 g/mol. The number of carbonyl (C=O) groups excluding carboxylic acids is 1. The molecule has 0 radical (unpaired) electrons. The molecule has 1 atom stereocenters. The predicted molar refractivity (Wildman–Crippen MR) is 117 cm³/mol. The number of ether oxygens (including phenoxy) is 1. The number of rotatable bonds is 9. The van der Waals surface area contributed by atoms with E-state index in [-0.39, 0.29) is 42.3 Å². The highest BCUT2D eigenvalue weighted by Gasteiger charge is 2.31. The molecule has 0 aliphatic carbocycles. The maximum Gasteiger partial charge on any atom is 0.416 e. The number of amides is 1. The van der Waals surface area contributed by atoms with E-state index in [9.17, 15) is 18.0 Å². The number of nitrogens with zero attached hydrogens (tertiary/aromatic N) is 3. The van der Waals surface area contributed by atoms with E-state index in [1.807, 2.05) is 13.8 Å². The third-order valence-corrected chi connectivity index (χ3v) is 5.35. The molecule has 0 N–H and O–H groups in total. The third-order valence-electron chi connectivity index (χ3n) is 5.10. The van der Waals surface area contributed by atoms with E-state index < -0.39 is 11.7 Å². The van der Waals surface area contributed by atoms with Crippen molar-refractivity contribution in [3.63, 3.8) is 0 Å². The summed E-state index contributed by atoms with van der Waals surface area (Å²) in [6.45, 7) is 4.03. The quantitative estimate of drug-likeness (QED) is 0.394. The van der Waals surface area contributed by atoms with Crippen LogP contribution in [0.15, 0.2) is 53.1 Å². The average molecular weight is 482 g/mol. The van der Waals surface area contributed by atoms with Gasteiger partial charge >= 0.3 is 6.18 Å². The van der Waals surface area contributed by atoms with Crippen LogP contribution < -0.4 is 4.74 Å². The van der Waals surface area contributed by atoms with E-state index in [0.717, 1.165) is 18.6 Å². The maximum atomic E-state index is 13.0. The van der Waals surface area contributed by atoms with E-state index in [4.69, 9.17) is 20.9 Å². The molecule has 1 unspecified atom stereocenters. The van der Waals surface area contributed by atoms with E-state index in [1.165, 1.54) is 12.1 Å². The van der Waals surface area contributed by atoms with Gasteiger partial charge in [-0.1, -0.05) is 35.8 Å². The fourth-order valence-corrected chi connectivity index (χ4v) is 3.22. The summed E-state index contributed by atoms with van der Waals surface area (Å²) in [7, 11) is 0. The lowest BCUT2D eigenvalue weighted by Gasteiger charge is -2.28. The first-order chi connectivity index (χ1) is 15.7. The van der Waals surface area contributed by atoms with Crippen molar-refractivity contribution < 1.29 is 27.2 Å². The number of carbonyl (C=O) groups is 1. The van der Waals surface area contributed by atoms with Crippen molar-refractivity contribution in [3.05, 3.63) is 65.0 Å². The Labute approximate surface area is 194 Å². The molecule has 1 heterocycles. The Hall–Kier alpha value is -3.07. The van der Waals surface area contributed by atoms with Gasteiger partial charge in [0.25, 0.3) is 5.91 Å². The van der Waals surface area contributed by atoms with Crippen molar-refractivity contribution >= 4 is 17.5 Å². The van der Waals surface area contributed by atoms with Crippen molar-refractivity contribution in [2.24, 2.45) is 0 Å². The lowest BCUT2D eigenvalue weighted by atomic mass is 10.1. The molecular formula is C23H23ClF3N3O3. The summed E-state index contributed by atoms with van der Waals surface area (Å²) in [6.07, 6.45) is -3.48. The number of aromatic nitrogens is 2.